The van der Waals surface area contributed by atoms with Gasteiger partial charge in [-0.25, -0.2) is 4.39 Å². The van der Waals surface area contributed by atoms with Crippen molar-refractivity contribution in [2.75, 3.05) is 20.1 Å². The van der Waals surface area contributed by atoms with Crippen LogP contribution in [0.25, 0.3) is 0 Å². The van der Waals surface area contributed by atoms with Gasteiger partial charge in [-0.3, -0.25) is 4.99 Å². The Bertz CT molecular complexity index is 425. The molecule has 6 heteroatoms. The molecule has 0 amide bonds. The van der Waals surface area contributed by atoms with E-state index in [-0.39, 0.29) is 29.8 Å². The van der Waals surface area contributed by atoms with E-state index in [0.29, 0.717) is 17.1 Å². The van der Waals surface area contributed by atoms with Gasteiger partial charge in [-0.15, -0.1) is 24.0 Å². The third-order valence-electron chi connectivity index (χ3n) is 2.51. The van der Waals surface area contributed by atoms with Crippen LogP contribution in [0.15, 0.2) is 23.2 Å². The van der Waals surface area contributed by atoms with Gasteiger partial charge in [-0.05, 0) is 12.1 Å². The summed E-state index contributed by atoms with van der Waals surface area (Å²) in [6, 6.07) is 4.68. The van der Waals surface area contributed by atoms with Gasteiger partial charge in [0.15, 0.2) is 5.96 Å². The first-order valence-corrected chi connectivity index (χ1v) is 5.48. The number of guanidine groups is 1. The van der Waals surface area contributed by atoms with E-state index in [1.165, 1.54) is 6.07 Å². The first kappa shape index (κ1) is 14.5. The predicted molar refractivity (Wildman–Crippen MR) is 78.6 cm³/mol. The van der Waals surface area contributed by atoms with E-state index in [4.69, 9.17) is 11.6 Å². The predicted octanol–water partition coefficient (Wildman–Crippen LogP) is 2.49. The minimum atomic E-state index is -0.291. The Morgan fingerprint density at radius 3 is 2.88 bits per heavy atom. The van der Waals surface area contributed by atoms with Gasteiger partial charge in [-0.1, -0.05) is 17.7 Å². The van der Waals surface area contributed by atoms with Crippen molar-refractivity contribution in [3.63, 3.8) is 0 Å². The molecule has 0 unspecified atom stereocenters. The smallest absolute Gasteiger partial charge is 0.194 e. The normalized spacial score (nSPS) is 14.3. The number of halogens is 3. The molecule has 0 spiro atoms. The summed E-state index contributed by atoms with van der Waals surface area (Å²) >= 11 is 5.68. The molecule has 2 rings (SSSR count). The quantitative estimate of drug-likeness (QED) is 0.811. The van der Waals surface area contributed by atoms with Gasteiger partial charge in [0.2, 0.25) is 0 Å². The van der Waals surface area contributed by atoms with E-state index in [1.54, 1.807) is 12.1 Å². The standard InChI is InChI=1S/C11H13ClFN3.HI/c1-16-5-4-14-11(16)15-7-8-2-3-9(12)6-10(8)13;/h2-3,6H,4-5,7H2,1H3,(H,14,15);1H. The molecule has 0 aliphatic carbocycles. The number of benzene rings is 1. The van der Waals surface area contributed by atoms with Crippen LogP contribution < -0.4 is 5.32 Å². The Balaban J connectivity index is 0.00000144. The molecule has 0 bridgehead atoms. The highest BCUT2D eigenvalue weighted by Crippen LogP contribution is 2.14. The summed E-state index contributed by atoms with van der Waals surface area (Å²) in [6.07, 6.45) is 0. The number of hydrogen-bond donors (Lipinski definition) is 1. The van der Waals surface area contributed by atoms with Gasteiger partial charge in [0.05, 0.1) is 6.54 Å². The van der Waals surface area contributed by atoms with Crippen molar-refractivity contribution < 1.29 is 4.39 Å². The zero-order valence-corrected chi connectivity index (χ0v) is 12.5. The Labute approximate surface area is 122 Å². The van der Waals surface area contributed by atoms with Crippen LogP contribution in [0.4, 0.5) is 4.39 Å². The lowest BCUT2D eigenvalue weighted by Gasteiger charge is -2.15. The number of nitrogens with one attached hydrogen (secondary N) is 1. The molecule has 1 aliphatic heterocycles. The minimum Gasteiger partial charge on any atom is -0.352 e. The monoisotopic (exact) mass is 369 g/mol. The van der Waals surface area contributed by atoms with Crippen molar-refractivity contribution >= 4 is 41.5 Å². The fourth-order valence-corrected chi connectivity index (χ4v) is 1.72. The number of rotatable bonds is 2. The van der Waals surface area contributed by atoms with E-state index in [9.17, 15) is 4.39 Å². The fourth-order valence-electron chi connectivity index (χ4n) is 1.56. The first-order valence-electron chi connectivity index (χ1n) is 5.10. The number of nitrogens with zero attached hydrogens (tertiary/aromatic N) is 2. The third-order valence-corrected chi connectivity index (χ3v) is 2.75. The highest BCUT2D eigenvalue weighted by molar-refractivity contribution is 14.0. The van der Waals surface area contributed by atoms with Crippen LogP contribution in [0.2, 0.25) is 5.02 Å². The van der Waals surface area contributed by atoms with Gasteiger partial charge in [0.1, 0.15) is 5.82 Å². The summed E-state index contributed by atoms with van der Waals surface area (Å²) in [4.78, 5) is 6.27. The summed E-state index contributed by atoms with van der Waals surface area (Å²) in [7, 11) is 1.96. The van der Waals surface area contributed by atoms with Crippen LogP contribution in [0.3, 0.4) is 0 Å². The Morgan fingerprint density at radius 2 is 2.29 bits per heavy atom. The van der Waals surface area contributed by atoms with Crippen LogP contribution in [0, 0.1) is 5.82 Å². The van der Waals surface area contributed by atoms with Crippen molar-refractivity contribution in [3.8, 4) is 0 Å². The summed E-state index contributed by atoms with van der Waals surface area (Å²) < 4.78 is 13.4. The molecule has 0 aromatic heterocycles. The Morgan fingerprint density at radius 1 is 1.53 bits per heavy atom. The maximum atomic E-state index is 13.4. The molecule has 1 aromatic rings. The molecule has 0 saturated heterocycles. The summed E-state index contributed by atoms with van der Waals surface area (Å²) in [5, 5.41) is 3.51. The second-order valence-corrected chi connectivity index (χ2v) is 4.15. The van der Waals surface area contributed by atoms with Crippen LogP contribution in [0.1, 0.15) is 5.56 Å². The van der Waals surface area contributed by atoms with Crippen LogP contribution in [-0.2, 0) is 6.54 Å². The molecule has 3 nitrogen and oxygen atoms in total. The third kappa shape index (κ3) is 3.70. The molecule has 94 valence electrons. The summed E-state index contributed by atoms with van der Waals surface area (Å²) in [6.45, 7) is 2.12. The number of hydrogen-bond acceptors (Lipinski definition) is 3. The van der Waals surface area contributed by atoms with E-state index in [0.717, 1.165) is 19.0 Å². The lowest BCUT2D eigenvalue weighted by atomic mass is 10.2. The lowest BCUT2D eigenvalue weighted by molar-refractivity contribution is 0.530. The average molecular weight is 370 g/mol. The zero-order chi connectivity index (χ0) is 11.5. The highest BCUT2D eigenvalue weighted by atomic mass is 127. The molecular weight excluding hydrogens is 355 g/mol. The molecule has 1 heterocycles. The highest BCUT2D eigenvalue weighted by Gasteiger charge is 2.12. The maximum Gasteiger partial charge on any atom is 0.194 e. The maximum absolute atomic E-state index is 13.4. The molecular formula is C11H14ClFIN3. The van der Waals surface area contributed by atoms with Gasteiger partial charge in [-0.2, -0.15) is 0 Å². The van der Waals surface area contributed by atoms with Crippen molar-refractivity contribution in [1.82, 2.24) is 10.2 Å². The van der Waals surface area contributed by atoms with Gasteiger partial charge < -0.3 is 10.2 Å². The van der Waals surface area contributed by atoms with Crippen LogP contribution >= 0.6 is 35.6 Å². The van der Waals surface area contributed by atoms with Gasteiger partial charge >= 0.3 is 0 Å². The van der Waals surface area contributed by atoms with Crippen molar-refractivity contribution in [3.05, 3.63) is 34.6 Å². The summed E-state index contributed by atoms with van der Waals surface area (Å²) in [5.74, 6) is 0.524. The number of likely N-dealkylation sites (N-methyl/N-ethyl adjacent to an activating group) is 1. The second-order valence-electron chi connectivity index (χ2n) is 3.72. The van der Waals surface area contributed by atoms with Crippen LogP contribution in [0.5, 0.6) is 0 Å². The second kappa shape index (κ2) is 6.39. The SMILES string of the molecule is CN1CCN=C1NCc1ccc(Cl)cc1F.I. The summed E-state index contributed by atoms with van der Waals surface area (Å²) in [5.41, 5.74) is 0.590. The van der Waals surface area contributed by atoms with Crippen molar-refractivity contribution in [1.29, 1.82) is 0 Å². The average Bonchev–Trinajstić information content (AvgIpc) is 2.63. The lowest BCUT2D eigenvalue weighted by Crippen LogP contribution is -2.35. The van der Waals surface area contributed by atoms with Crippen molar-refractivity contribution in [2.45, 2.75) is 6.54 Å². The molecule has 0 fully saturated rings. The topological polar surface area (TPSA) is 27.6 Å². The molecule has 1 aromatic carbocycles. The van der Waals surface area contributed by atoms with E-state index < -0.39 is 0 Å². The molecule has 0 saturated carbocycles. The molecule has 1 N–H and O–H groups in total. The molecule has 17 heavy (non-hydrogen) atoms. The zero-order valence-electron chi connectivity index (χ0n) is 9.41. The van der Waals surface area contributed by atoms with Crippen LogP contribution in [-0.4, -0.2) is 31.0 Å². The van der Waals surface area contributed by atoms with E-state index in [1.807, 2.05) is 11.9 Å². The number of aliphatic imine (C=N–C) groups is 1. The van der Waals surface area contributed by atoms with E-state index in [2.05, 4.69) is 10.3 Å². The Hall–Kier alpha value is -0.560. The van der Waals surface area contributed by atoms with Gasteiger partial charge in [0.25, 0.3) is 0 Å². The largest absolute Gasteiger partial charge is 0.352 e. The minimum absolute atomic E-state index is 0. The van der Waals surface area contributed by atoms with Crippen molar-refractivity contribution in [2.24, 2.45) is 4.99 Å². The van der Waals surface area contributed by atoms with E-state index >= 15 is 0 Å². The molecule has 0 radical (unpaired) electrons. The fraction of sp³-hybridized carbons (Fsp3) is 0.364. The van der Waals surface area contributed by atoms with Gasteiger partial charge in [0, 0.05) is 30.7 Å². The molecule has 1 aliphatic rings. The Kier molecular flexibility index (Phi) is 5.45. The first-order chi connectivity index (χ1) is 7.66. The molecule has 0 atom stereocenters.